The van der Waals surface area contributed by atoms with Crippen molar-refractivity contribution >= 4 is 11.3 Å². The number of thiazole rings is 1. The van der Waals surface area contributed by atoms with E-state index >= 15 is 0 Å². The summed E-state index contributed by atoms with van der Waals surface area (Å²) in [4.78, 5) is 6.99. The Kier molecular flexibility index (Phi) is 4.68. The molecule has 112 valence electrons. The fraction of sp³-hybridized carbons (Fsp3) is 0.471. The van der Waals surface area contributed by atoms with E-state index in [1.807, 2.05) is 18.2 Å². The average molecular weight is 302 g/mol. The van der Waals surface area contributed by atoms with E-state index in [4.69, 9.17) is 4.98 Å². The number of rotatable bonds is 4. The summed E-state index contributed by atoms with van der Waals surface area (Å²) in [6.45, 7) is 0.811. The molecule has 21 heavy (non-hydrogen) atoms. The number of nitrogens with zero attached hydrogens (tertiary/aromatic N) is 2. The number of aliphatic hydroxyl groups excluding tert-OH is 1. The van der Waals surface area contributed by atoms with E-state index in [0.717, 1.165) is 36.5 Å². The van der Waals surface area contributed by atoms with Crippen molar-refractivity contribution in [3.8, 4) is 10.6 Å². The highest BCUT2D eigenvalue weighted by molar-refractivity contribution is 7.13. The van der Waals surface area contributed by atoms with Crippen LogP contribution in [0, 0.1) is 0 Å². The molecule has 0 saturated heterocycles. The maximum atomic E-state index is 10.1. The minimum atomic E-state index is -0.184. The number of benzene rings is 1. The molecule has 1 aliphatic carbocycles. The van der Waals surface area contributed by atoms with Gasteiger partial charge in [0.15, 0.2) is 0 Å². The molecule has 1 saturated carbocycles. The summed E-state index contributed by atoms with van der Waals surface area (Å²) >= 11 is 1.69. The van der Waals surface area contributed by atoms with Gasteiger partial charge in [-0.15, -0.1) is 11.3 Å². The van der Waals surface area contributed by atoms with Gasteiger partial charge < -0.3 is 5.11 Å². The first-order valence-electron chi connectivity index (χ1n) is 7.62. The molecule has 3 rings (SSSR count). The van der Waals surface area contributed by atoms with Crippen LogP contribution in [0.25, 0.3) is 10.6 Å². The molecule has 0 bridgehead atoms. The highest BCUT2D eigenvalue weighted by atomic mass is 32.1. The van der Waals surface area contributed by atoms with E-state index < -0.39 is 0 Å². The standard InChI is InChI=1S/C17H22N2OS/c1-19(15-9-5-6-10-16(15)20)11-14-12-21-17(18-14)13-7-3-2-4-8-13/h2-4,7-8,12,15-16,20H,5-6,9-11H2,1H3. The summed E-state index contributed by atoms with van der Waals surface area (Å²) in [5.41, 5.74) is 2.27. The van der Waals surface area contributed by atoms with Crippen molar-refractivity contribution in [1.29, 1.82) is 0 Å². The third-order valence-electron chi connectivity index (χ3n) is 4.24. The monoisotopic (exact) mass is 302 g/mol. The maximum absolute atomic E-state index is 10.1. The lowest BCUT2D eigenvalue weighted by Crippen LogP contribution is -2.42. The predicted octanol–water partition coefficient (Wildman–Crippen LogP) is 3.55. The molecule has 1 N–H and O–H groups in total. The normalized spacial score (nSPS) is 22.6. The molecule has 2 atom stereocenters. The lowest BCUT2D eigenvalue weighted by atomic mass is 9.91. The molecule has 1 fully saturated rings. The molecule has 2 unspecified atom stereocenters. The van der Waals surface area contributed by atoms with Crippen LogP contribution in [0.5, 0.6) is 0 Å². The third-order valence-corrected chi connectivity index (χ3v) is 5.18. The minimum absolute atomic E-state index is 0.184. The molecule has 2 aromatic rings. The van der Waals surface area contributed by atoms with Crippen molar-refractivity contribution < 1.29 is 5.11 Å². The summed E-state index contributed by atoms with van der Waals surface area (Å²) in [6, 6.07) is 10.6. The van der Waals surface area contributed by atoms with E-state index in [1.54, 1.807) is 11.3 Å². The van der Waals surface area contributed by atoms with Gasteiger partial charge >= 0.3 is 0 Å². The smallest absolute Gasteiger partial charge is 0.123 e. The van der Waals surface area contributed by atoms with Crippen molar-refractivity contribution in [2.75, 3.05) is 7.05 Å². The molecule has 1 heterocycles. The van der Waals surface area contributed by atoms with E-state index in [0.29, 0.717) is 0 Å². The van der Waals surface area contributed by atoms with Gasteiger partial charge in [0.1, 0.15) is 5.01 Å². The average Bonchev–Trinajstić information content (AvgIpc) is 2.97. The van der Waals surface area contributed by atoms with Crippen LogP contribution in [-0.4, -0.2) is 34.2 Å². The number of aliphatic hydroxyl groups is 1. The van der Waals surface area contributed by atoms with E-state index in [2.05, 4.69) is 29.5 Å². The van der Waals surface area contributed by atoms with Crippen LogP contribution in [-0.2, 0) is 6.54 Å². The Bertz CT molecular complexity index is 569. The Morgan fingerprint density at radius 1 is 1.24 bits per heavy atom. The van der Waals surface area contributed by atoms with Gasteiger partial charge in [0.05, 0.1) is 11.8 Å². The fourth-order valence-corrected chi connectivity index (χ4v) is 3.89. The van der Waals surface area contributed by atoms with Gasteiger partial charge in [-0.1, -0.05) is 43.2 Å². The zero-order valence-corrected chi connectivity index (χ0v) is 13.2. The van der Waals surface area contributed by atoms with Crippen molar-refractivity contribution in [2.24, 2.45) is 0 Å². The minimum Gasteiger partial charge on any atom is -0.391 e. The van der Waals surface area contributed by atoms with Crippen molar-refractivity contribution in [3.63, 3.8) is 0 Å². The van der Waals surface area contributed by atoms with E-state index in [9.17, 15) is 5.11 Å². The maximum Gasteiger partial charge on any atom is 0.123 e. The molecule has 1 aromatic carbocycles. The highest BCUT2D eigenvalue weighted by Gasteiger charge is 2.26. The second-order valence-electron chi connectivity index (χ2n) is 5.84. The SMILES string of the molecule is CN(Cc1csc(-c2ccccc2)n1)C1CCCCC1O. The summed E-state index contributed by atoms with van der Waals surface area (Å²) in [6.07, 6.45) is 4.21. The topological polar surface area (TPSA) is 36.4 Å². The quantitative estimate of drug-likeness (QED) is 0.938. The zero-order chi connectivity index (χ0) is 14.7. The number of hydrogen-bond acceptors (Lipinski definition) is 4. The van der Waals surface area contributed by atoms with Gasteiger partial charge in [-0.05, 0) is 19.9 Å². The van der Waals surface area contributed by atoms with Gasteiger partial charge in [0, 0.05) is 23.5 Å². The first kappa shape index (κ1) is 14.7. The molecule has 0 aliphatic heterocycles. The molecule has 0 spiro atoms. The van der Waals surface area contributed by atoms with Crippen molar-refractivity contribution in [3.05, 3.63) is 41.4 Å². The van der Waals surface area contributed by atoms with Crippen LogP contribution >= 0.6 is 11.3 Å². The second-order valence-corrected chi connectivity index (χ2v) is 6.70. The number of hydrogen-bond donors (Lipinski definition) is 1. The summed E-state index contributed by atoms with van der Waals surface area (Å²) in [5.74, 6) is 0. The first-order valence-corrected chi connectivity index (χ1v) is 8.50. The van der Waals surface area contributed by atoms with Crippen LogP contribution in [0.3, 0.4) is 0 Å². The van der Waals surface area contributed by atoms with Crippen LogP contribution in [0.15, 0.2) is 35.7 Å². The molecule has 0 radical (unpaired) electrons. The van der Waals surface area contributed by atoms with Crippen LogP contribution in [0.4, 0.5) is 0 Å². The van der Waals surface area contributed by atoms with Crippen LogP contribution < -0.4 is 0 Å². The second kappa shape index (κ2) is 6.69. The van der Waals surface area contributed by atoms with E-state index in [-0.39, 0.29) is 12.1 Å². The summed E-state index contributed by atoms with van der Waals surface area (Å²) in [7, 11) is 2.10. The van der Waals surface area contributed by atoms with Gasteiger partial charge in [0.25, 0.3) is 0 Å². The van der Waals surface area contributed by atoms with E-state index in [1.165, 1.54) is 12.0 Å². The first-order chi connectivity index (χ1) is 10.2. The van der Waals surface area contributed by atoms with Crippen LogP contribution in [0.1, 0.15) is 31.4 Å². The Balaban J connectivity index is 1.67. The molecule has 0 amide bonds. The molecular formula is C17H22N2OS. The third kappa shape index (κ3) is 3.51. The number of aromatic nitrogens is 1. The van der Waals surface area contributed by atoms with Crippen molar-refractivity contribution in [1.82, 2.24) is 9.88 Å². The van der Waals surface area contributed by atoms with Crippen LogP contribution in [0.2, 0.25) is 0 Å². The predicted molar refractivity (Wildman–Crippen MR) is 87.3 cm³/mol. The van der Waals surface area contributed by atoms with Gasteiger partial charge in [-0.3, -0.25) is 4.90 Å². The molecule has 1 aromatic heterocycles. The Hall–Kier alpha value is -1.23. The fourth-order valence-electron chi connectivity index (χ4n) is 3.07. The summed E-state index contributed by atoms with van der Waals surface area (Å²) in [5, 5.41) is 13.3. The van der Waals surface area contributed by atoms with Gasteiger partial charge in [0.2, 0.25) is 0 Å². The molecular weight excluding hydrogens is 280 g/mol. The highest BCUT2D eigenvalue weighted by Crippen LogP contribution is 2.26. The largest absolute Gasteiger partial charge is 0.391 e. The molecule has 3 nitrogen and oxygen atoms in total. The Morgan fingerprint density at radius 2 is 2.00 bits per heavy atom. The number of likely N-dealkylation sites (N-methyl/N-ethyl adjacent to an activating group) is 1. The Labute approximate surface area is 130 Å². The lowest BCUT2D eigenvalue weighted by Gasteiger charge is -2.34. The van der Waals surface area contributed by atoms with Gasteiger partial charge in [-0.2, -0.15) is 0 Å². The molecule has 1 aliphatic rings. The lowest BCUT2D eigenvalue weighted by molar-refractivity contribution is 0.0284. The Morgan fingerprint density at radius 3 is 2.76 bits per heavy atom. The summed E-state index contributed by atoms with van der Waals surface area (Å²) < 4.78 is 0. The van der Waals surface area contributed by atoms with Gasteiger partial charge in [-0.25, -0.2) is 4.98 Å². The molecule has 4 heteroatoms. The van der Waals surface area contributed by atoms with Crippen molar-refractivity contribution in [2.45, 2.75) is 44.4 Å². The zero-order valence-electron chi connectivity index (χ0n) is 12.4.